The van der Waals surface area contributed by atoms with Crippen LogP contribution in [0.5, 0.6) is 0 Å². The minimum atomic E-state index is 0.698. The number of hydrogen-bond donors (Lipinski definition) is 1. The number of hydrogen-bond acceptors (Lipinski definition) is 2. The first-order chi connectivity index (χ1) is 9.10. The molecular weight excluding hydrogens is 232 g/mol. The summed E-state index contributed by atoms with van der Waals surface area (Å²) in [5.74, 6) is 2.68. The molecule has 2 fully saturated rings. The maximum Gasteiger partial charge on any atom is 0.0218 e. The van der Waals surface area contributed by atoms with Crippen molar-refractivity contribution in [1.82, 2.24) is 10.2 Å². The van der Waals surface area contributed by atoms with Crippen LogP contribution in [0.25, 0.3) is 0 Å². The third kappa shape index (κ3) is 4.19. The first-order valence-corrected chi connectivity index (χ1v) is 8.57. The van der Waals surface area contributed by atoms with Crippen molar-refractivity contribution >= 4 is 0 Å². The summed E-state index contributed by atoms with van der Waals surface area (Å²) < 4.78 is 0. The Balaban J connectivity index is 1.90. The third-order valence-corrected chi connectivity index (χ3v) is 5.38. The summed E-state index contributed by atoms with van der Waals surface area (Å²) in [5.41, 5.74) is 0. The van der Waals surface area contributed by atoms with Crippen LogP contribution in [0.4, 0.5) is 0 Å². The lowest BCUT2D eigenvalue weighted by Gasteiger charge is -2.44. The molecule has 2 nitrogen and oxygen atoms in total. The highest BCUT2D eigenvalue weighted by Gasteiger charge is 2.30. The van der Waals surface area contributed by atoms with Crippen LogP contribution >= 0.6 is 0 Å². The zero-order valence-electron chi connectivity index (χ0n) is 13.5. The largest absolute Gasteiger partial charge is 0.311 e. The van der Waals surface area contributed by atoms with Gasteiger partial charge in [-0.25, -0.2) is 0 Å². The van der Waals surface area contributed by atoms with E-state index in [0.717, 1.165) is 23.8 Å². The summed E-state index contributed by atoms with van der Waals surface area (Å²) in [6.07, 6.45) is 7.15. The molecule has 2 aliphatic rings. The lowest BCUT2D eigenvalue weighted by molar-refractivity contribution is 0.0793. The molecule has 0 aromatic heterocycles. The van der Waals surface area contributed by atoms with Crippen molar-refractivity contribution in [3.05, 3.63) is 0 Å². The first kappa shape index (κ1) is 15.3. The van der Waals surface area contributed by atoms with Crippen LogP contribution in [0.15, 0.2) is 0 Å². The van der Waals surface area contributed by atoms with Crippen LogP contribution in [-0.2, 0) is 0 Å². The topological polar surface area (TPSA) is 15.3 Å². The van der Waals surface area contributed by atoms with Gasteiger partial charge in [-0.2, -0.15) is 0 Å². The minimum Gasteiger partial charge on any atom is -0.311 e. The zero-order valence-corrected chi connectivity index (χ0v) is 13.5. The summed E-state index contributed by atoms with van der Waals surface area (Å²) in [6, 6.07) is 1.47. The van der Waals surface area contributed by atoms with Gasteiger partial charge in [0, 0.05) is 31.7 Å². The molecule has 0 radical (unpaired) electrons. The van der Waals surface area contributed by atoms with Crippen molar-refractivity contribution < 1.29 is 0 Å². The lowest BCUT2D eigenvalue weighted by atomic mass is 9.81. The molecule has 0 bridgehead atoms. The van der Waals surface area contributed by atoms with E-state index in [1.807, 2.05) is 0 Å². The standard InChI is InChI=1S/C17H34N2/c1-5-16-10-18-17(13(2)3)12-19(16)11-15-8-6-7-14(4)9-15/h13-18H,5-12H2,1-4H3. The van der Waals surface area contributed by atoms with Crippen molar-refractivity contribution in [3.63, 3.8) is 0 Å². The van der Waals surface area contributed by atoms with Crippen molar-refractivity contribution in [1.29, 1.82) is 0 Å². The maximum absolute atomic E-state index is 3.75. The highest BCUT2D eigenvalue weighted by atomic mass is 15.2. The Kier molecular flexibility index (Phi) is 5.70. The van der Waals surface area contributed by atoms with E-state index in [4.69, 9.17) is 0 Å². The summed E-state index contributed by atoms with van der Waals surface area (Å²) in [5, 5.41) is 3.75. The van der Waals surface area contributed by atoms with Crippen LogP contribution in [0.2, 0.25) is 0 Å². The third-order valence-electron chi connectivity index (χ3n) is 5.38. The molecule has 4 unspecified atom stereocenters. The van der Waals surface area contributed by atoms with E-state index in [9.17, 15) is 0 Å². The highest BCUT2D eigenvalue weighted by molar-refractivity contribution is 4.88. The predicted molar refractivity (Wildman–Crippen MR) is 83.4 cm³/mol. The number of nitrogens with zero attached hydrogens (tertiary/aromatic N) is 1. The van der Waals surface area contributed by atoms with Gasteiger partial charge in [0.25, 0.3) is 0 Å². The lowest BCUT2D eigenvalue weighted by Crippen LogP contribution is -2.58. The molecule has 1 aliphatic carbocycles. The number of piperazine rings is 1. The fraction of sp³-hybridized carbons (Fsp3) is 1.00. The van der Waals surface area contributed by atoms with E-state index >= 15 is 0 Å². The van der Waals surface area contributed by atoms with E-state index in [-0.39, 0.29) is 0 Å². The Bertz CT molecular complexity index is 264. The molecule has 0 spiro atoms. The predicted octanol–water partition coefficient (Wildman–Crippen LogP) is 3.52. The van der Waals surface area contributed by atoms with Gasteiger partial charge in [-0.1, -0.05) is 40.5 Å². The van der Waals surface area contributed by atoms with Crippen LogP contribution < -0.4 is 5.32 Å². The average molecular weight is 266 g/mol. The number of rotatable bonds is 4. The zero-order chi connectivity index (χ0) is 13.8. The molecule has 112 valence electrons. The van der Waals surface area contributed by atoms with Gasteiger partial charge in [-0.15, -0.1) is 0 Å². The molecule has 1 saturated carbocycles. The summed E-state index contributed by atoms with van der Waals surface area (Å²) >= 11 is 0. The van der Waals surface area contributed by atoms with Gasteiger partial charge in [0.05, 0.1) is 0 Å². The Morgan fingerprint density at radius 2 is 2.05 bits per heavy atom. The molecule has 1 N–H and O–H groups in total. The first-order valence-electron chi connectivity index (χ1n) is 8.57. The molecular formula is C17H34N2. The van der Waals surface area contributed by atoms with Gasteiger partial charge in [0.2, 0.25) is 0 Å². The van der Waals surface area contributed by atoms with Gasteiger partial charge in [0.1, 0.15) is 0 Å². The molecule has 0 aromatic carbocycles. The second kappa shape index (κ2) is 7.08. The highest BCUT2D eigenvalue weighted by Crippen LogP contribution is 2.30. The van der Waals surface area contributed by atoms with E-state index in [0.29, 0.717) is 6.04 Å². The van der Waals surface area contributed by atoms with Gasteiger partial charge in [0.15, 0.2) is 0 Å². The molecule has 2 rings (SSSR count). The molecule has 4 atom stereocenters. The fourth-order valence-electron chi connectivity index (χ4n) is 4.01. The molecule has 1 aliphatic heterocycles. The van der Waals surface area contributed by atoms with Gasteiger partial charge >= 0.3 is 0 Å². The van der Waals surface area contributed by atoms with E-state index < -0.39 is 0 Å². The molecule has 0 aromatic rings. The Morgan fingerprint density at radius 1 is 1.26 bits per heavy atom. The van der Waals surface area contributed by atoms with Crippen molar-refractivity contribution in [2.24, 2.45) is 17.8 Å². The van der Waals surface area contributed by atoms with Gasteiger partial charge < -0.3 is 5.32 Å². The molecule has 19 heavy (non-hydrogen) atoms. The molecule has 1 heterocycles. The van der Waals surface area contributed by atoms with Gasteiger partial charge in [-0.3, -0.25) is 4.90 Å². The van der Waals surface area contributed by atoms with E-state index in [2.05, 4.69) is 37.9 Å². The fourth-order valence-corrected chi connectivity index (χ4v) is 4.01. The smallest absolute Gasteiger partial charge is 0.0218 e. The normalized spacial score (nSPS) is 37.7. The van der Waals surface area contributed by atoms with Gasteiger partial charge in [-0.05, 0) is 37.0 Å². The van der Waals surface area contributed by atoms with Crippen molar-refractivity contribution in [2.45, 2.75) is 71.9 Å². The minimum absolute atomic E-state index is 0.698. The second-order valence-electron chi connectivity index (χ2n) is 7.41. The van der Waals surface area contributed by atoms with E-state index in [1.54, 1.807) is 0 Å². The van der Waals surface area contributed by atoms with Crippen LogP contribution in [0.3, 0.4) is 0 Å². The summed E-state index contributed by atoms with van der Waals surface area (Å²) in [6.45, 7) is 13.3. The monoisotopic (exact) mass is 266 g/mol. The van der Waals surface area contributed by atoms with Crippen LogP contribution in [-0.4, -0.2) is 36.6 Å². The maximum atomic E-state index is 3.75. The molecule has 2 heteroatoms. The van der Waals surface area contributed by atoms with E-state index in [1.165, 1.54) is 51.7 Å². The average Bonchev–Trinajstić information content (AvgIpc) is 2.38. The molecule has 0 amide bonds. The van der Waals surface area contributed by atoms with Crippen LogP contribution in [0.1, 0.15) is 59.8 Å². The second-order valence-corrected chi connectivity index (χ2v) is 7.41. The summed E-state index contributed by atoms with van der Waals surface area (Å²) in [4.78, 5) is 2.81. The Hall–Kier alpha value is -0.0800. The SMILES string of the molecule is CCC1CNC(C(C)C)CN1CC1CCCC(C)C1. The summed E-state index contributed by atoms with van der Waals surface area (Å²) in [7, 11) is 0. The van der Waals surface area contributed by atoms with Crippen LogP contribution in [0, 0.1) is 17.8 Å². The number of nitrogens with one attached hydrogen (secondary N) is 1. The Labute approximate surface area is 120 Å². The Morgan fingerprint density at radius 3 is 2.68 bits per heavy atom. The van der Waals surface area contributed by atoms with Crippen molar-refractivity contribution in [2.75, 3.05) is 19.6 Å². The van der Waals surface area contributed by atoms with Crippen molar-refractivity contribution in [3.8, 4) is 0 Å². The quantitative estimate of drug-likeness (QED) is 0.837. The molecule has 1 saturated heterocycles.